The fourth-order valence-electron chi connectivity index (χ4n) is 8.23. The molecular weight excluding hydrogens is 727 g/mol. The Morgan fingerprint density at radius 2 is 1.73 bits per heavy atom. The molecule has 4 saturated heterocycles. The second kappa shape index (κ2) is 13.6. The number of piperazine rings is 1. The molecular formula is C33H41BrF3N7O4S. The maximum absolute atomic E-state index is 14.0. The van der Waals surface area contributed by atoms with Crippen molar-refractivity contribution in [2.24, 2.45) is 0 Å². The molecule has 3 N–H and O–H groups in total. The number of carbonyl (C=O) groups excluding carboxylic acids is 3. The van der Waals surface area contributed by atoms with Crippen LogP contribution in [0.5, 0.6) is 0 Å². The van der Waals surface area contributed by atoms with Crippen molar-refractivity contribution in [3.8, 4) is 0 Å². The molecule has 3 atom stereocenters. The number of hydrogen-bond acceptors (Lipinski definition) is 8. The summed E-state index contributed by atoms with van der Waals surface area (Å²) in [6.07, 6.45) is -3.15. The van der Waals surface area contributed by atoms with Crippen LogP contribution in [0.15, 0.2) is 28.1 Å². The predicted molar refractivity (Wildman–Crippen MR) is 182 cm³/mol. The van der Waals surface area contributed by atoms with Gasteiger partial charge in [0.1, 0.15) is 5.00 Å². The third-order valence-electron chi connectivity index (χ3n) is 11.0. The van der Waals surface area contributed by atoms with Crippen LogP contribution in [0.2, 0.25) is 0 Å². The lowest BCUT2D eigenvalue weighted by molar-refractivity contribution is -0.142. The van der Waals surface area contributed by atoms with E-state index >= 15 is 0 Å². The minimum absolute atomic E-state index is 0.0552. The Balaban J connectivity index is 1.02. The van der Waals surface area contributed by atoms with Gasteiger partial charge in [-0.05, 0) is 84.2 Å². The molecule has 0 spiro atoms. The van der Waals surface area contributed by atoms with Gasteiger partial charge in [0.25, 0.3) is 5.91 Å². The number of nitrogen functional groups attached to an aromatic ring is 1. The average molecular weight is 769 g/mol. The van der Waals surface area contributed by atoms with Crippen LogP contribution < -0.4 is 11.1 Å². The van der Waals surface area contributed by atoms with Gasteiger partial charge in [0.2, 0.25) is 0 Å². The van der Waals surface area contributed by atoms with Crippen molar-refractivity contribution in [2.75, 3.05) is 57.4 Å². The highest BCUT2D eigenvalue weighted by Gasteiger charge is 2.45. The molecule has 6 heterocycles. The molecule has 1 aromatic heterocycles. The Bertz CT molecular complexity index is 1590. The number of alkyl halides is 3. The number of amides is 4. The number of fused-ring (bicyclic) bond motifs is 3. The predicted octanol–water partition coefficient (Wildman–Crippen LogP) is 5.05. The first-order chi connectivity index (χ1) is 23.4. The van der Waals surface area contributed by atoms with E-state index in [9.17, 15) is 27.6 Å². The zero-order valence-corrected chi connectivity index (χ0v) is 29.7. The molecule has 2 unspecified atom stereocenters. The number of rotatable bonds is 6. The Labute approximate surface area is 295 Å². The summed E-state index contributed by atoms with van der Waals surface area (Å²) in [4.78, 5) is 50.3. The highest BCUT2D eigenvalue weighted by molar-refractivity contribution is 9.10. The molecule has 5 aliphatic heterocycles. The van der Waals surface area contributed by atoms with Gasteiger partial charge in [-0.15, -0.1) is 11.3 Å². The van der Waals surface area contributed by atoms with Crippen molar-refractivity contribution >= 4 is 56.0 Å². The average Bonchev–Trinajstić information content (AvgIpc) is 3.80. The third kappa shape index (κ3) is 6.97. The van der Waals surface area contributed by atoms with E-state index in [0.29, 0.717) is 63.7 Å². The van der Waals surface area contributed by atoms with Crippen LogP contribution in [0, 0.1) is 0 Å². The molecule has 2 aromatic rings. The molecule has 0 saturated carbocycles. The number of hydrogen-bond donors (Lipinski definition) is 2. The first kappa shape index (κ1) is 34.4. The van der Waals surface area contributed by atoms with E-state index < -0.39 is 35.5 Å². The highest BCUT2D eigenvalue weighted by Crippen LogP contribution is 2.39. The SMILES string of the molecule is CN1CC2CC1CN2C1CCN(C(=O)[C@@H](Cc2cc(Br)c(N)c(C(F)(F)F)c2)OC(=O)N2CCC(N3Cc4ccsc4NC3=O)CC2)CC1. The fraction of sp³-hybridized carbons (Fsp3) is 0.606. The van der Waals surface area contributed by atoms with Crippen LogP contribution in [0.1, 0.15) is 48.8 Å². The van der Waals surface area contributed by atoms with Crippen molar-refractivity contribution < 1.29 is 32.3 Å². The number of nitrogens with two attached hydrogens (primary N) is 1. The molecule has 0 aliphatic carbocycles. The van der Waals surface area contributed by atoms with Gasteiger partial charge in [0, 0.05) is 79.9 Å². The second-order valence-corrected chi connectivity index (χ2v) is 15.7. The monoisotopic (exact) mass is 767 g/mol. The van der Waals surface area contributed by atoms with Gasteiger partial charge in [-0.3, -0.25) is 15.0 Å². The number of thiophene rings is 1. The Morgan fingerprint density at radius 3 is 2.39 bits per heavy atom. The topological polar surface area (TPSA) is 115 Å². The number of likely N-dealkylation sites (N-methyl/N-ethyl adjacent to an activating group) is 1. The van der Waals surface area contributed by atoms with Crippen LogP contribution in [0.25, 0.3) is 0 Å². The largest absolute Gasteiger partial charge is 0.436 e. The molecule has 11 nitrogen and oxygen atoms in total. The standard InChI is InChI=1S/C33H41BrF3N7O4S/c1-40-17-24-15-23(40)18-43(24)21-2-7-41(8-3-21)30(45)27(14-19-12-25(33(35,36)37)28(38)26(34)13-19)48-32(47)42-9-4-22(5-10-42)44-16-20-6-11-49-29(20)39-31(44)46/h6,11-13,21-24,27H,2-5,7-10,14-18,38H2,1H3,(H,39,46)/t23?,24?,27-/m1/s1. The Hall–Kier alpha value is -3.08. The first-order valence-corrected chi connectivity index (χ1v) is 18.5. The molecule has 0 radical (unpaired) electrons. The minimum Gasteiger partial charge on any atom is -0.436 e. The van der Waals surface area contributed by atoms with E-state index in [0.717, 1.165) is 42.6 Å². The van der Waals surface area contributed by atoms with E-state index in [4.69, 9.17) is 10.5 Å². The van der Waals surface area contributed by atoms with E-state index in [2.05, 4.69) is 38.1 Å². The van der Waals surface area contributed by atoms with Crippen LogP contribution in [0.4, 0.5) is 33.4 Å². The van der Waals surface area contributed by atoms with Crippen molar-refractivity contribution in [1.82, 2.24) is 24.5 Å². The number of halogens is 4. The van der Waals surface area contributed by atoms with Crippen molar-refractivity contribution in [2.45, 2.75) is 81.5 Å². The van der Waals surface area contributed by atoms with E-state index in [1.54, 1.807) is 9.80 Å². The zero-order valence-electron chi connectivity index (χ0n) is 27.3. The highest BCUT2D eigenvalue weighted by atomic mass is 79.9. The van der Waals surface area contributed by atoms with Gasteiger partial charge in [-0.1, -0.05) is 0 Å². The lowest BCUT2D eigenvalue weighted by Crippen LogP contribution is -2.55. The number of piperidine rings is 2. The number of urea groups is 1. The molecule has 16 heteroatoms. The normalized spacial score (nSPS) is 24.7. The quantitative estimate of drug-likeness (QED) is 0.396. The maximum Gasteiger partial charge on any atom is 0.418 e. The number of nitrogens with zero attached hydrogens (tertiary/aromatic N) is 5. The smallest absolute Gasteiger partial charge is 0.418 e. The Kier molecular flexibility index (Phi) is 9.52. The Morgan fingerprint density at radius 1 is 1.04 bits per heavy atom. The molecule has 49 heavy (non-hydrogen) atoms. The van der Waals surface area contributed by atoms with Gasteiger partial charge in [-0.2, -0.15) is 13.2 Å². The van der Waals surface area contributed by atoms with E-state index in [-0.39, 0.29) is 28.5 Å². The summed E-state index contributed by atoms with van der Waals surface area (Å²) < 4.78 is 47.4. The van der Waals surface area contributed by atoms with Crippen LogP contribution in [-0.4, -0.2) is 119 Å². The third-order valence-corrected chi connectivity index (χ3v) is 12.5. The van der Waals surface area contributed by atoms with Gasteiger partial charge in [0.15, 0.2) is 6.10 Å². The maximum atomic E-state index is 14.0. The van der Waals surface area contributed by atoms with Gasteiger partial charge in [0.05, 0.1) is 17.8 Å². The minimum atomic E-state index is -4.70. The first-order valence-electron chi connectivity index (χ1n) is 16.8. The number of carbonyl (C=O) groups is 3. The lowest BCUT2D eigenvalue weighted by Gasteiger charge is -2.42. The van der Waals surface area contributed by atoms with Crippen molar-refractivity contribution in [3.63, 3.8) is 0 Å². The molecule has 2 bridgehead atoms. The second-order valence-electron chi connectivity index (χ2n) is 13.9. The van der Waals surface area contributed by atoms with Gasteiger partial charge < -0.3 is 30.1 Å². The molecule has 5 aliphatic rings. The van der Waals surface area contributed by atoms with Gasteiger partial charge >= 0.3 is 18.3 Å². The summed E-state index contributed by atoms with van der Waals surface area (Å²) in [6, 6.07) is 5.59. The summed E-state index contributed by atoms with van der Waals surface area (Å²) >= 11 is 4.62. The van der Waals surface area contributed by atoms with Crippen LogP contribution in [-0.2, 0) is 28.7 Å². The lowest BCUT2D eigenvalue weighted by atomic mass is 9.99. The number of benzene rings is 1. The van der Waals surface area contributed by atoms with Gasteiger partial charge in [-0.25, -0.2) is 9.59 Å². The van der Waals surface area contributed by atoms with Crippen LogP contribution in [0.3, 0.4) is 0 Å². The summed E-state index contributed by atoms with van der Waals surface area (Å²) in [6.45, 7) is 4.17. The van der Waals surface area contributed by atoms with E-state index in [1.165, 1.54) is 28.7 Å². The van der Waals surface area contributed by atoms with E-state index in [1.807, 2.05) is 11.4 Å². The summed E-state index contributed by atoms with van der Waals surface area (Å²) in [5, 5.41) is 5.73. The summed E-state index contributed by atoms with van der Waals surface area (Å²) in [7, 11) is 2.16. The van der Waals surface area contributed by atoms with Crippen molar-refractivity contribution in [3.05, 3.63) is 44.7 Å². The number of anilines is 2. The number of ether oxygens (including phenoxy) is 1. The number of nitrogens with one attached hydrogen (secondary N) is 1. The fourth-order valence-corrected chi connectivity index (χ4v) is 9.54. The molecule has 4 fully saturated rings. The molecule has 7 rings (SSSR count). The van der Waals surface area contributed by atoms with Crippen molar-refractivity contribution in [1.29, 1.82) is 0 Å². The summed E-state index contributed by atoms with van der Waals surface area (Å²) in [5.74, 6) is -0.414. The molecule has 1 aromatic carbocycles. The van der Waals surface area contributed by atoms with Crippen LogP contribution >= 0.6 is 27.3 Å². The molecule has 266 valence electrons. The summed E-state index contributed by atoms with van der Waals surface area (Å²) in [5.41, 5.74) is 5.51. The number of likely N-dealkylation sites (tertiary alicyclic amines) is 4. The molecule has 4 amide bonds. The zero-order chi connectivity index (χ0) is 34.6.